The second kappa shape index (κ2) is 17.4. The van der Waals surface area contributed by atoms with E-state index in [0.29, 0.717) is 35.8 Å². The van der Waals surface area contributed by atoms with Gasteiger partial charge in [-0.15, -0.1) is 0 Å². The van der Waals surface area contributed by atoms with Gasteiger partial charge in [-0.1, -0.05) is 60.7 Å². The second-order valence-corrected chi connectivity index (χ2v) is 19.4. The van der Waals surface area contributed by atoms with Crippen LogP contribution in [0.2, 0.25) is 0 Å². The van der Waals surface area contributed by atoms with Gasteiger partial charge in [-0.2, -0.15) is 29.9 Å². The molecule has 2 saturated heterocycles. The van der Waals surface area contributed by atoms with Gasteiger partial charge in [0.15, 0.2) is 0 Å². The molecule has 58 heavy (non-hydrogen) atoms. The van der Waals surface area contributed by atoms with Gasteiger partial charge in [-0.25, -0.2) is 0 Å². The van der Waals surface area contributed by atoms with Gasteiger partial charge in [0.05, 0.1) is 14.2 Å². The summed E-state index contributed by atoms with van der Waals surface area (Å²) in [6.07, 6.45) is 11.7. The van der Waals surface area contributed by atoms with Crippen LogP contribution in [0, 0.1) is 11.8 Å². The minimum Gasteiger partial charge on any atom is -0.467 e. The molecule has 0 spiro atoms. The molecular weight excluding hydrogens is 725 g/mol. The third-order valence-corrected chi connectivity index (χ3v) is 12.3. The van der Waals surface area contributed by atoms with Crippen molar-refractivity contribution in [2.75, 3.05) is 24.9 Å². The molecule has 4 atom stereocenters. The molecule has 1 saturated carbocycles. The summed E-state index contributed by atoms with van der Waals surface area (Å²) in [5, 5.41) is 15.3. The SMILES string of the molecule is COc1nc(CC2CCC(Cc3nc(NC4CC(C)(C)NC(C)(Cc5ccccc5)C4)nc(OC)n3)CC2)nc(NC2CC(C)(C)NC(C)(Cc3ccccc3)C2)n1. The first-order valence-electron chi connectivity index (χ1n) is 21.4. The first-order valence-corrected chi connectivity index (χ1v) is 21.4. The fraction of sp³-hybridized carbons (Fsp3) is 0.609. The van der Waals surface area contributed by atoms with Gasteiger partial charge in [0.25, 0.3) is 0 Å². The minimum atomic E-state index is -0.0705. The fourth-order valence-corrected chi connectivity index (χ4v) is 10.6. The molecule has 12 nitrogen and oxygen atoms in total. The number of hydrogen-bond acceptors (Lipinski definition) is 12. The van der Waals surface area contributed by atoms with Crippen LogP contribution in [-0.4, -0.2) is 78.4 Å². The quantitative estimate of drug-likeness (QED) is 0.100. The second-order valence-electron chi connectivity index (χ2n) is 19.4. The van der Waals surface area contributed by atoms with Crippen LogP contribution in [0.25, 0.3) is 0 Å². The van der Waals surface area contributed by atoms with E-state index in [0.717, 1.165) is 88.7 Å². The predicted molar refractivity (Wildman–Crippen MR) is 230 cm³/mol. The normalized spacial score (nSPS) is 28.0. The summed E-state index contributed by atoms with van der Waals surface area (Å²) >= 11 is 0. The van der Waals surface area contributed by atoms with Crippen molar-refractivity contribution < 1.29 is 9.47 Å². The van der Waals surface area contributed by atoms with E-state index in [-0.39, 0.29) is 34.2 Å². The Balaban J connectivity index is 0.951. The number of aromatic nitrogens is 6. The van der Waals surface area contributed by atoms with Gasteiger partial charge in [-0.05, 0) is 129 Å². The van der Waals surface area contributed by atoms with Crippen molar-refractivity contribution in [3.8, 4) is 12.0 Å². The van der Waals surface area contributed by atoms with Crippen molar-refractivity contribution in [2.24, 2.45) is 11.8 Å². The van der Waals surface area contributed by atoms with Crippen molar-refractivity contribution >= 4 is 11.9 Å². The molecule has 312 valence electrons. The van der Waals surface area contributed by atoms with Gasteiger partial charge in [0, 0.05) is 47.1 Å². The van der Waals surface area contributed by atoms with Crippen LogP contribution < -0.4 is 30.7 Å². The molecule has 2 aromatic heterocycles. The lowest BCUT2D eigenvalue weighted by Crippen LogP contribution is -2.62. The Labute approximate surface area is 346 Å². The monoisotopic (exact) mass is 791 g/mol. The van der Waals surface area contributed by atoms with Crippen molar-refractivity contribution in [2.45, 2.75) is 153 Å². The number of rotatable bonds is 14. The first-order chi connectivity index (χ1) is 27.6. The van der Waals surface area contributed by atoms with Crippen molar-refractivity contribution in [1.82, 2.24) is 40.5 Å². The highest BCUT2D eigenvalue weighted by Crippen LogP contribution is 2.36. The smallest absolute Gasteiger partial charge is 0.321 e. The summed E-state index contributed by atoms with van der Waals surface area (Å²) in [4.78, 5) is 28.6. The van der Waals surface area contributed by atoms with Crippen molar-refractivity contribution in [1.29, 1.82) is 0 Å². The molecule has 0 radical (unpaired) electrons. The standard InChI is InChI=1S/C46H66N10O2/c1-43(2)27-35(29-45(5,55-43)25-33-15-11-9-12-16-33)47-39-49-37(51-41(53-39)57-7)23-31-19-21-32(22-20-31)24-38-50-40(54-42(52-38)58-8)48-36-28-44(3,4)56-46(6,30-36)26-34-17-13-10-14-18-34/h9-18,31-32,35-36,55-56H,19-30H2,1-8H3,(H,47,49,51,53)(H,48,50,52,54). The van der Waals surface area contributed by atoms with Gasteiger partial charge < -0.3 is 30.7 Å². The van der Waals surface area contributed by atoms with Crippen LogP contribution in [0.15, 0.2) is 60.7 Å². The van der Waals surface area contributed by atoms with E-state index < -0.39 is 0 Å². The third kappa shape index (κ3) is 11.4. The van der Waals surface area contributed by atoms with Gasteiger partial charge in [0.1, 0.15) is 11.6 Å². The van der Waals surface area contributed by atoms with E-state index in [4.69, 9.17) is 29.4 Å². The lowest BCUT2D eigenvalue weighted by molar-refractivity contribution is 0.154. The predicted octanol–water partition coefficient (Wildman–Crippen LogP) is 7.55. The molecule has 2 aromatic carbocycles. The highest BCUT2D eigenvalue weighted by atomic mass is 16.5. The van der Waals surface area contributed by atoms with Gasteiger partial charge in [0.2, 0.25) is 11.9 Å². The lowest BCUT2D eigenvalue weighted by Gasteiger charge is -2.48. The molecule has 2 aliphatic heterocycles. The topological polar surface area (TPSA) is 144 Å². The zero-order chi connectivity index (χ0) is 41.0. The average molecular weight is 791 g/mol. The molecule has 7 rings (SSSR count). The molecule has 3 aliphatic rings. The van der Waals surface area contributed by atoms with Crippen molar-refractivity contribution in [3.63, 3.8) is 0 Å². The van der Waals surface area contributed by atoms with Crippen LogP contribution >= 0.6 is 0 Å². The highest BCUT2D eigenvalue weighted by Gasteiger charge is 2.42. The minimum absolute atomic E-state index is 0.0440. The fourth-order valence-electron chi connectivity index (χ4n) is 10.6. The number of benzene rings is 2. The molecule has 12 heteroatoms. The summed E-state index contributed by atoms with van der Waals surface area (Å²) in [5.41, 5.74) is 2.44. The van der Waals surface area contributed by atoms with Crippen LogP contribution in [0.4, 0.5) is 11.9 Å². The number of nitrogens with zero attached hydrogens (tertiary/aromatic N) is 6. The number of methoxy groups -OCH3 is 2. The summed E-state index contributed by atoms with van der Waals surface area (Å²) in [6.45, 7) is 13.8. The Morgan fingerprint density at radius 1 is 0.534 bits per heavy atom. The molecule has 4 N–H and O–H groups in total. The molecule has 3 fully saturated rings. The number of nitrogens with one attached hydrogen (secondary N) is 4. The molecule has 0 amide bonds. The third-order valence-electron chi connectivity index (χ3n) is 12.3. The van der Waals surface area contributed by atoms with Crippen LogP contribution in [0.5, 0.6) is 12.0 Å². The van der Waals surface area contributed by atoms with E-state index in [1.165, 1.54) is 11.1 Å². The van der Waals surface area contributed by atoms with Gasteiger partial charge in [-0.3, -0.25) is 0 Å². The van der Waals surface area contributed by atoms with E-state index in [1.807, 2.05) is 0 Å². The Kier molecular flexibility index (Phi) is 12.5. The molecule has 4 heterocycles. The number of hydrogen-bond donors (Lipinski definition) is 4. The number of piperidine rings is 2. The summed E-state index contributed by atoms with van der Waals surface area (Å²) in [7, 11) is 3.26. The first kappa shape index (κ1) is 41.7. The zero-order valence-corrected chi connectivity index (χ0v) is 36.1. The molecular formula is C46H66N10O2. The molecule has 1 aliphatic carbocycles. The van der Waals surface area contributed by atoms with Crippen molar-refractivity contribution in [3.05, 3.63) is 83.4 Å². The Morgan fingerprint density at radius 3 is 1.28 bits per heavy atom. The van der Waals surface area contributed by atoms with Crippen LogP contribution in [0.1, 0.15) is 116 Å². The maximum atomic E-state index is 5.59. The summed E-state index contributed by atoms with van der Waals surface area (Å²) in [6, 6.07) is 22.6. The van der Waals surface area contributed by atoms with Crippen LogP contribution in [-0.2, 0) is 25.7 Å². The van der Waals surface area contributed by atoms with E-state index in [2.05, 4.69) is 133 Å². The maximum Gasteiger partial charge on any atom is 0.321 e. The number of ether oxygens (including phenoxy) is 2. The number of anilines is 2. The van der Waals surface area contributed by atoms with E-state index in [9.17, 15) is 0 Å². The Morgan fingerprint density at radius 2 is 0.914 bits per heavy atom. The lowest BCUT2D eigenvalue weighted by atomic mass is 9.76. The van der Waals surface area contributed by atoms with Crippen LogP contribution in [0.3, 0.4) is 0 Å². The molecule has 4 unspecified atom stereocenters. The Hall–Kier alpha value is -4.42. The summed E-state index contributed by atoms with van der Waals surface area (Å²) < 4.78 is 11.2. The largest absolute Gasteiger partial charge is 0.467 e. The van der Waals surface area contributed by atoms with E-state index >= 15 is 0 Å². The average Bonchev–Trinajstić information content (AvgIpc) is 3.14. The van der Waals surface area contributed by atoms with E-state index in [1.54, 1.807) is 14.2 Å². The maximum absolute atomic E-state index is 5.59. The molecule has 0 bridgehead atoms. The van der Waals surface area contributed by atoms with Gasteiger partial charge >= 0.3 is 12.0 Å². The molecule has 4 aromatic rings. The Bertz CT molecular complexity index is 1810. The summed E-state index contributed by atoms with van der Waals surface area (Å²) in [5.74, 6) is 3.75. The highest BCUT2D eigenvalue weighted by molar-refractivity contribution is 5.32. The zero-order valence-electron chi connectivity index (χ0n) is 36.1.